The minimum Gasteiger partial charge on any atom is -0.481 e. The lowest BCUT2D eigenvalue weighted by Gasteiger charge is -2.33. The van der Waals surface area contributed by atoms with Gasteiger partial charge in [0.25, 0.3) is 0 Å². The zero-order valence-electron chi connectivity index (χ0n) is 8.48. The van der Waals surface area contributed by atoms with Crippen LogP contribution in [0.15, 0.2) is 12.2 Å². The minimum absolute atomic E-state index is 0.211. The summed E-state index contributed by atoms with van der Waals surface area (Å²) in [6, 6.07) is 0.211. The van der Waals surface area contributed by atoms with Crippen LogP contribution in [0.3, 0.4) is 0 Å². The van der Waals surface area contributed by atoms with E-state index in [-0.39, 0.29) is 12.5 Å². The molecule has 1 unspecified atom stereocenters. The van der Waals surface area contributed by atoms with Gasteiger partial charge < -0.3 is 5.11 Å². The third-order valence-corrected chi connectivity index (χ3v) is 3.43. The van der Waals surface area contributed by atoms with Gasteiger partial charge in [0, 0.05) is 30.6 Å². The second-order valence-electron chi connectivity index (χ2n) is 3.39. The molecule has 1 fully saturated rings. The topological polar surface area (TPSA) is 40.5 Å². The van der Waals surface area contributed by atoms with Crippen molar-refractivity contribution >= 4 is 17.7 Å². The predicted molar refractivity (Wildman–Crippen MR) is 59.8 cm³/mol. The van der Waals surface area contributed by atoms with Crippen molar-refractivity contribution < 1.29 is 9.90 Å². The molecule has 1 N–H and O–H groups in total. The molecule has 1 heterocycles. The monoisotopic (exact) mass is 215 g/mol. The van der Waals surface area contributed by atoms with E-state index in [9.17, 15) is 4.79 Å². The molecule has 0 aliphatic carbocycles. The molecular formula is C10H17NO2S. The van der Waals surface area contributed by atoms with Crippen molar-refractivity contribution in [1.82, 2.24) is 4.90 Å². The number of hydrogen-bond donors (Lipinski definition) is 1. The zero-order chi connectivity index (χ0) is 10.4. The highest BCUT2D eigenvalue weighted by atomic mass is 32.2. The molecule has 0 aromatic carbocycles. The molecule has 1 atom stereocenters. The van der Waals surface area contributed by atoms with Crippen molar-refractivity contribution in [1.29, 1.82) is 0 Å². The molecule has 3 nitrogen and oxygen atoms in total. The molecule has 4 heteroatoms. The van der Waals surface area contributed by atoms with Crippen LogP contribution < -0.4 is 0 Å². The van der Waals surface area contributed by atoms with Gasteiger partial charge in [-0.05, 0) is 6.92 Å². The Balaban J connectivity index is 2.45. The normalized spacial score (nSPS) is 24.2. The number of hydrogen-bond acceptors (Lipinski definition) is 3. The Morgan fingerprint density at radius 2 is 2.50 bits per heavy atom. The number of carbonyl (C=O) groups is 1. The van der Waals surface area contributed by atoms with E-state index in [1.807, 2.05) is 24.8 Å². The van der Waals surface area contributed by atoms with Crippen molar-refractivity contribution in [3.8, 4) is 0 Å². The van der Waals surface area contributed by atoms with Gasteiger partial charge in [0.15, 0.2) is 0 Å². The predicted octanol–water partition coefficient (Wildman–Crippen LogP) is 1.45. The van der Waals surface area contributed by atoms with Crippen molar-refractivity contribution in [2.75, 3.05) is 24.6 Å². The number of nitrogens with zero attached hydrogens (tertiary/aromatic N) is 1. The summed E-state index contributed by atoms with van der Waals surface area (Å²) in [4.78, 5) is 12.9. The van der Waals surface area contributed by atoms with Crippen LogP contribution in [0.25, 0.3) is 0 Å². The van der Waals surface area contributed by atoms with E-state index < -0.39 is 5.97 Å². The molecule has 0 aromatic heterocycles. The Labute approximate surface area is 89.2 Å². The van der Waals surface area contributed by atoms with Gasteiger partial charge in [-0.25, -0.2) is 0 Å². The van der Waals surface area contributed by atoms with Crippen LogP contribution in [0.2, 0.25) is 0 Å². The van der Waals surface area contributed by atoms with Crippen molar-refractivity contribution in [3.05, 3.63) is 12.2 Å². The molecule has 0 radical (unpaired) electrons. The Morgan fingerprint density at radius 1 is 1.71 bits per heavy atom. The molecule has 1 aliphatic rings. The molecule has 0 bridgehead atoms. The Hall–Kier alpha value is -0.480. The fourth-order valence-electron chi connectivity index (χ4n) is 1.56. The standard InChI is InChI=1S/C10H17NO2S/c1-2-3-4-11-5-6-14-8-9(11)7-10(12)13/h2-3,9H,4-8H2,1H3,(H,12,13). The summed E-state index contributed by atoms with van der Waals surface area (Å²) >= 11 is 1.85. The van der Waals surface area contributed by atoms with Crippen LogP contribution in [0.5, 0.6) is 0 Å². The summed E-state index contributed by atoms with van der Waals surface area (Å²) in [5.74, 6) is 1.38. The second-order valence-corrected chi connectivity index (χ2v) is 4.54. The third-order valence-electron chi connectivity index (χ3n) is 2.34. The first-order chi connectivity index (χ1) is 6.74. The highest BCUT2D eigenvalue weighted by Crippen LogP contribution is 2.18. The van der Waals surface area contributed by atoms with Gasteiger partial charge in [-0.2, -0.15) is 11.8 Å². The van der Waals surface area contributed by atoms with E-state index in [4.69, 9.17) is 5.11 Å². The molecule has 14 heavy (non-hydrogen) atoms. The maximum atomic E-state index is 10.6. The average Bonchev–Trinajstić information content (AvgIpc) is 2.16. The number of thioether (sulfide) groups is 1. The largest absolute Gasteiger partial charge is 0.481 e. The quantitative estimate of drug-likeness (QED) is 0.721. The molecule has 1 saturated heterocycles. The van der Waals surface area contributed by atoms with Crippen molar-refractivity contribution in [3.63, 3.8) is 0 Å². The summed E-state index contributed by atoms with van der Waals surface area (Å²) in [5, 5.41) is 8.75. The van der Waals surface area contributed by atoms with E-state index in [0.29, 0.717) is 0 Å². The first-order valence-electron chi connectivity index (χ1n) is 4.88. The van der Waals surface area contributed by atoms with Gasteiger partial charge in [-0.3, -0.25) is 9.69 Å². The average molecular weight is 215 g/mol. The first kappa shape index (κ1) is 11.6. The summed E-state index contributed by atoms with van der Waals surface area (Å²) in [5.41, 5.74) is 0. The van der Waals surface area contributed by atoms with Crippen LogP contribution in [0, 0.1) is 0 Å². The molecular weight excluding hydrogens is 198 g/mol. The third kappa shape index (κ3) is 3.72. The van der Waals surface area contributed by atoms with Crippen LogP contribution in [-0.4, -0.2) is 46.6 Å². The molecule has 0 aromatic rings. The maximum Gasteiger partial charge on any atom is 0.304 e. The summed E-state index contributed by atoms with van der Waals surface area (Å²) in [6.07, 6.45) is 4.37. The molecule has 0 saturated carbocycles. The molecule has 1 aliphatic heterocycles. The van der Waals surface area contributed by atoms with Crippen LogP contribution in [-0.2, 0) is 4.79 Å². The smallest absolute Gasteiger partial charge is 0.304 e. The first-order valence-corrected chi connectivity index (χ1v) is 6.04. The molecule has 0 spiro atoms. The van der Waals surface area contributed by atoms with E-state index in [0.717, 1.165) is 24.6 Å². The Bertz CT molecular complexity index is 218. The summed E-state index contributed by atoms with van der Waals surface area (Å²) in [6.45, 7) is 3.88. The van der Waals surface area contributed by atoms with Crippen LogP contribution >= 0.6 is 11.8 Å². The Kier molecular flexibility index (Phi) is 5.04. The molecule has 0 amide bonds. The fraction of sp³-hybridized carbons (Fsp3) is 0.700. The van der Waals surface area contributed by atoms with Gasteiger partial charge in [0.1, 0.15) is 0 Å². The van der Waals surface area contributed by atoms with E-state index in [1.54, 1.807) is 0 Å². The number of allylic oxidation sites excluding steroid dienone is 1. The van der Waals surface area contributed by atoms with E-state index in [2.05, 4.69) is 11.0 Å². The number of aliphatic carboxylic acids is 1. The zero-order valence-corrected chi connectivity index (χ0v) is 9.30. The van der Waals surface area contributed by atoms with Crippen molar-refractivity contribution in [2.45, 2.75) is 19.4 Å². The van der Waals surface area contributed by atoms with Gasteiger partial charge in [0.05, 0.1) is 6.42 Å². The Morgan fingerprint density at radius 3 is 3.14 bits per heavy atom. The fourth-order valence-corrected chi connectivity index (χ4v) is 2.69. The van der Waals surface area contributed by atoms with E-state index >= 15 is 0 Å². The van der Waals surface area contributed by atoms with Crippen LogP contribution in [0.1, 0.15) is 13.3 Å². The molecule has 1 rings (SSSR count). The van der Waals surface area contributed by atoms with Gasteiger partial charge in [0.2, 0.25) is 0 Å². The summed E-state index contributed by atoms with van der Waals surface area (Å²) in [7, 11) is 0. The second kappa shape index (κ2) is 6.09. The minimum atomic E-state index is -0.692. The van der Waals surface area contributed by atoms with Crippen LogP contribution in [0.4, 0.5) is 0 Å². The lowest BCUT2D eigenvalue weighted by molar-refractivity contribution is -0.138. The van der Waals surface area contributed by atoms with Gasteiger partial charge in [-0.1, -0.05) is 12.2 Å². The lowest BCUT2D eigenvalue weighted by Crippen LogP contribution is -2.43. The number of carboxylic acid groups (broad SMARTS) is 1. The lowest BCUT2D eigenvalue weighted by atomic mass is 10.2. The maximum absolute atomic E-state index is 10.6. The number of rotatable bonds is 4. The van der Waals surface area contributed by atoms with E-state index in [1.165, 1.54) is 0 Å². The summed E-state index contributed by atoms with van der Waals surface area (Å²) < 4.78 is 0. The highest BCUT2D eigenvalue weighted by molar-refractivity contribution is 7.99. The highest BCUT2D eigenvalue weighted by Gasteiger charge is 2.23. The SMILES string of the molecule is CC=CCN1CCSCC1CC(=O)O. The molecule has 80 valence electrons. The number of carboxylic acids is 1. The van der Waals surface area contributed by atoms with Gasteiger partial charge in [-0.15, -0.1) is 0 Å². The van der Waals surface area contributed by atoms with Crippen molar-refractivity contribution in [2.24, 2.45) is 0 Å². The van der Waals surface area contributed by atoms with Gasteiger partial charge >= 0.3 is 5.97 Å².